The van der Waals surface area contributed by atoms with Crippen LogP contribution in [-0.2, 0) is 4.79 Å². The third-order valence-electron chi connectivity index (χ3n) is 3.26. The molecule has 1 saturated heterocycles. The molecule has 1 aliphatic rings. The van der Waals surface area contributed by atoms with Gasteiger partial charge in [0.1, 0.15) is 0 Å². The van der Waals surface area contributed by atoms with Gasteiger partial charge in [-0.2, -0.15) is 8.78 Å². The lowest BCUT2D eigenvalue weighted by atomic mass is 9.88. The lowest BCUT2D eigenvalue weighted by Gasteiger charge is -2.31. The van der Waals surface area contributed by atoms with Gasteiger partial charge in [0.2, 0.25) is 5.91 Å². The highest BCUT2D eigenvalue weighted by molar-refractivity contribution is 7.99. The predicted molar refractivity (Wildman–Crippen MR) is 79.7 cm³/mol. The Morgan fingerprint density at radius 1 is 1.45 bits per heavy atom. The Balaban J connectivity index is 0.00000200. The predicted octanol–water partition coefficient (Wildman–Crippen LogP) is 3.22. The number of anilines is 1. The number of benzene rings is 1. The van der Waals surface area contributed by atoms with Crippen LogP contribution in [0.2, 0.25) is 0 Å². The number of nitrogens with one attached hydrogen (secondary N) is 2. The molecule has 1 aliphatic heterocycles. The molecule has 0 spiro atoms. The van der Waals surface area contributed by atoms with Gasteiger partial charge in [-0.1, -0.05) is 24.8 Å². The molecule has 1 fully saturated rings. The van der Waals surface area contributed by atoms with Gasteiger partial charge >= 0.3 is 0 Å². The van der Waals surface area contributed by atoms with E-state index < -0.39 is 5.76 Å². The first-order chi connectivity index (χ1) is 9.06. The van der Waals surface area contributed by atoms with Gasteiger partial charge in [0.25, 0.3) is 5.76 Å². The van der Waals surface area contributed by atoms with Gasteiger partial charge in [-0.05, 0) is 37.2 Å². The van der Waals surface area contributed by atoms with Crippen LogP contribution in [0.5, 0.6) is 0 Å². The fourth-order valence-electron chi connectivity index (χ4n) is 1.88. The highest BCUT2D eigenvalue weighted by Gasteiger charge is 2.28. The molecule has 0 radical (unpaired) electrons. The van der Waals surface area contributed by atoms with Gasteiger partial charge in [0, 0.05) is 16.5 Å². The molecule has 1 heterocycles. The quantitative estimate of drug-likeness (QED) is 0.818. The zero-order valence-corrected chi connectivity index (χ0v) is 12.6. The smallest absolute Gasteiger partial charge is 0.288 e. The zero-order valence-electron chi connectivity index (χ0n) is 10.9. The average molecular weight is 323 g/mol. The Morgan fingerprint density at radius 2 is 2.15 bits per heavy atom. The van der Waals surface area contributed by atoms with Crippen molar-refractivity contribution in [3.05, 3.63) is 24.3 Å². The molecule has 1 amide bonds. The molecule has 1 aromatic carbocycles. The van der Waals surface area contributed by atoms with Crippen molar-refractivity contribution in [1.82, 2.24) is 5.32 Å². The molecular formula is C13H17ClF2N2OS. The molecule has 2 rings (SSSR count). The number of carbonyl (C=O) groups is 1. The number of carbonyl (C=O) groups excluding carboxylic acids is 1. The molecule has 0 bridgehead atoms. The summed E-state index contributed by atoms with van der Waals surface area (Å²) < 4.78 is 24.5. The van der Waals surface area contributed by atoms with Crippen LogP contribution in [0.15, 0.2) is 29.2 Å². The summed E-state index contributed by atoms with van der Waals surface area (Å²) in [7, 11) is 0. The molecule has 1 atom stereocenters. The van der Waals surface area contributed by atoms with E-state index in [2.05, 4.69) is 10.6 Å². The third-order valence-corrected chi connectivity index (χ3v) is 3.96. The number of halogens is 3. The fourth-order valence-corrected chi connectivity index (χ4v) is 2.44. The van der Waals surface area contributed by atoms with Crippen molar-refractivity contribution in [2.45, 2.75) is 17.6 Å². The van der Waals surface area contributed by atoms with E-state index in [1.165, 1.54) is 0 Å². The normalized spacial score (nSPS) is 16.2. The maximum Gasteiger partial charge on any atom is 0.288 e. The summed E-state index contributed by atoms with van der Waals surface area (Å²) in [6, 6.07) is 6.54. The maximum atomic E-state index is 12.3. The highest BCUT2D eigenvalue weighted by atomic mass is 35.5. The Hall–Kier alpha value is -0.850. The second kappa shape index (κ2) is 7.81. The third kappa shape index (κ3) is 4.61. The first-order valence-corrected chi connectivity index (χ1v) is 7.00. The van der Waals surface area contributed by atoms with E-state index in [1.54, 1.807) is 24.3 Å². The standard InChI is InChI=1S/C13H16F2N2OS.ClH/c1-8(9-6-16-7-9)12(18)17-10-3-2-4-11(5-10)19-13(14)15;/h2-5,8-9,13,16H,6-7H2,1H3,(H,17,18);1H. The van der Waals surface area contributed by atoms with Crippen LogP contribution < -0.4 is 10.6 Å². The minimum absolute atomic E-state index is 0. The minimum Gasteiger partial charge on any atom is -0.326 e. The molecule has 1 unspecified atom stereocenters. The van der Waals surface area contributed by atoms with Gasteiger partial charge < -0.3 is 10.6 Å². The zero-order chi connectivity index (χ0) is 13.8. The number of hydrogen-bond acceptors (Lipinski definition) is 3. The minimum atomic E-state index is -2.45. The largest absolute Gasteiger partial charge is 0.326 e. The van der Waals surface area contributed by atoms with Crippen LogP contribution >= 0.6 is 24.2 Å². The number of amides is 1. The van der Waals surface area contributed by atoms with Crippen LogP contribution in [0.4, 0.5) is 14.5 Å². The van der Waals surface area contributed by atoms with Gasteiger partial charge in [0.05, 0.1) is 0 Å². The fraction of sp³-hybridized carbons (Fsp3) is 0.462. The van der Waals surface area contributed by atoms with E-state index in [0.717, 1.165) is 13.1 Å². The van der Waals surface area contributed by atoms with Crippen LogP contribution in [0.1, 0.15) is 6.92 Å². The summed E-state index contributed by atoms with van der Waals surface area (Å²) in [6.07, 6.45) is 0. The van der Waals surface area contributed by atoms with Crippen molar-refractivity contribution >= 4 is 35.8 Å². The van der Waals surface area contributed by atoms with Crippen molar-refractivity contribution in [3.8, 4) is 0 Å². The van der Waals surface area contributed by atoms with Gasteiger partial charge in [-0.3, -0.25) is 4.79 Å². The van der Waals surface area contributed by atoms with E-state index in [-0.39, 0.29) is 24.2 Å². The average Bonchev–Trinajstić information content (AvgIpc) is 2.26. The van der Waals surface area contributed by atoms with Gasteiger partial charge in [-0.15, -0.1) is 12.4 Å². The van der Waals surface area contributed by atoms with Crippen molar-refractivity contribution in [2.75, 3.05) is 18.4 Å². The van der Waals surface area contributed by atoms with Crippen molar-refractivity contribution in [1.29, 1.82) is 0 Å². The molecule has 1 aromatic rings. The summed E-state index contributed by atoms with van der Waals surface area (Å²) >= 11 is 0.475. The SMILES string of the molecule is CC(C(=O)Nc1cccc(SC(F)F)c1)C1CNC1.Cl. The molecule has 3 nitrogen and oxygen atoms in total. The Bertz CT molecular complexity index is 458. The Morgan fingerprint density at radius 3 is 2.70 bits per heavy atom. The number of hydrogen-bond donors (Lipinski definition) is 2. The molecule has 0 saturated carbocycles. The van der Waals surface area contributed by atoms with E-state index in [0.29, 0.717) is 28.3 Å². The molecular weight excluding hydrogens is 306 g/mol. The number of alkyl halides is 2. The van der Waals surface area contributed by atoms with Crippen LogP contribution in [0.25, 0.3) is 0 Å². The Labute approximate surface area is 127 Å². The Kier molecular flexibility index (Phi) is 6.71. The second-order valence-electron chi connectivity index (χ2n) is 4.60. The van der Waals surface area contributed by atoms with Crippen LogP contribution in [0, 0.1) is 11.8 Å². The van der Waals surface area contributed by atoms with Crippen LogP contribution in [-0.4, -0.2) is 24.8 Å². The van der Waals surface area contributed by atoms with Crippen LogP contribution in [0.3, 0.4) is 0 Å². The molecule has 20 heavy (non-hydrogen) atoms. The molecule has 7 heteroatoms. The van der Waals surface area contributed by atoms with E-state index in [9.17, 15) is 13.6 Å². The summed E-state index contributed by atoms with van der Waals surface area (Å²) in [5.41, 5.74) is 0.565. The number of rotatable bonds is 5. The molecule has 0 aliphatic carbocycles. The van der Waals surface area contributed by atoms with Crippen molar-refractivity contribution in [2.24, 2.45) is 11.8 Å². The van der Waals surface area contributed by atoms with Crippen molar-refractivity contribution in [3.63, 3.8) is 0 Å². The first-order valence-electron chi connectivity index (χ1n) is 6.12. The highest BCUT2D eigenvalue weighted by Crippen LogP contribution is 2.27. The summed E-state index contributed by atoms with van der Waals surface area (Å²) in [6.45, 7) is 3.60. The maximum absolute atomic E-state index is 12.3. The molecule has 112 valence electrons. The lowest BCUT2D eigenvalue weighted by Crippen LogP contribution is -2.48. The number of thioether (sulfide) groups is 1. The van der Waals surface area contributed by atoms with Gasteiger partial charge in [-0.25, -0.2) is 0 Å². The monoisotopic (exact) mass is 322 g/mol. The topological polar surface area (TPSA) is 41.1 Å². The van der Waals surface area contributed by atoms with E-state index in [4.69, 9.17) is 0 Å². The summed E-state index contributed by atoms with van der Waals surface area (Å²) in [4.78, 5) is 12.4. The lowest BCUT2D eigenvalue weighted by molar-refractivity contribution is -0.121. The first kappa shape index (κ1) is 17.2. The molecule has 0 aromatic heterocycles. The second-order valence-corrected chi connectivity index (χ2v) is 5.67. The molecule has 2 N–H and O–H groups in total. The van der Waals surface area contributed by atoms with Crippen molar-refractivity contribution < 1.29 is 13.6 Å². The van der Waals surface area contributed by atoms with E-state index >= 15 is 0 Å². The summed E-state index contributed by atoms with van der Waals surface area (Å²) in [5.74, 6) is -2.23. The van der Waals surface area contributed by atoms with Gasteiger partial charge in [0.15, 0.2) is 0 Å². The van der Waals surface area contributed by atoms with E-state index in [1.807, 2.05) is 6.92 Å². The summed E-state index contributed by atoms with van der Waals surface area (Å²) in [5, 5.41) is 5.90.